The predicted octanol–water partition coefficient (Wildman–Crippen LogP) is 3.56. The van der Waals surface area contributed by atoms with Crippen molar-refractivity contribution in [3.8, 4) is 5.88 Å². The van der Waals surface area contributed by atoms with Gasteiger partial charge in [0.25, 0.3) is 0 Å². The molecule has 0 aliphatic rings. The standard InChI is InChI=1S/C15H18N2O/c1-6-14(16)11(3)9-10(2)13-8-7-12(4)17-15(13)18-5/h6-9,16H,1,3H2,2,4-5H3/b10-9+,16-14?. The van der Waals surface area contributed by atoms with Crippen LogP contribution in [0.15, 0.2) is 43.0 Å². The lowest BCUT2D eigenvalue weighted by atomic mass is 10.0. The average Bonchev–Trinajstić information content (AvgIpc) is 2.37. The number of hydrogen-bond acceptors (Lipinski definition) is 3. The second-order valence-electron chi connectivity index (χ2n) is 3.98. The number of allylic oxidation sites excluding steroid dienone is 4. The smallest absolute Gasteiger partial charge is 0.220 e. The summed E-state index contributed by atoms with van der Waals surface area (Å²) in [6, 6.07) is 3.88. The van der Waals surface area contributed by atoms with Crippen molar-refractivity contribution >= 4 is 11.3 Å². The fourth-order valence-corrected chi connectivity index (χ4v) is 1.54. The molecule has 0 aliphatic heterocycles. The summed E-state index contributed by atoms with van der Waals surface area (Å²) in [7, 11) is 1.60. The van der Waals surface area contributed by atoms with Crippen LogP contribution >= 0.6 is 0 Å². The lowest BCUT2D eigenvalue weighted by Crippen LogP contribution is -1.97. The Morgan fingerprint density at radius 1 is 1.44 bits per heavy atom. The maximum absolute atomic E-state index is 7.62. The van der Waals surface area contributed by atoms with Gasteiger partial charge in [-0.2, -0.15) is 0 Å². The van der Waals surface area contributed by atoms with Gasteiger partial charge in [0, 0.05) is 11.3 Å². The van der Waals surface area contributed by atoms with Gasteiger partial charge in [0.05, 0.1) is 12.8 Å². The summed E-state index contributed by atoms with van der Waals surface area (Å²) in [5.74, 6) is 0.585. The molecular formula is C15H18N2O. The van der Waals surface area contributed by atoms with Crippen molar-refractivity contribution in [2.45, 2.75) is 13.8 Å². The third-order valence-corrected chi connectivity index (χ3v) is 2.56. The molecule has 0 saturated heterocycles. The Balaban J connectivity index is 3.14. The second kappa shape index (κ2) is 5.96. The first-order valence-electron chi connectivity index (χ1n) is 5.60. The van der Waals surface area contributed by atoms with E-state index in [1.165, 1.54) is 6.08 Å². The third-order valence-electron chi connectivity index (χ3n) is 2.56. The summed E-state index contributed by atoms with van der Waals surface area (Å²) in [5, 5.41) is 7.62. The quantitative estimate of drug-likeness (QED) is 0.633. The second-order valence-corrected chi connectivity index (χ2v) is 3.98. The minimum Gasteiger partial charge on any atom is -0.481 e. The lowest BCUT2D eigenvalue weighted by Gasteiger charge is -2.09. The number of ether oxygens (including phenoxy) is 1. The molecule has 0 amide bonds. The molecule has 0 aromatic carbocycles. The van der Waals surface area contributed by atoms with Crippen LogP contribution in [0.5, 0.6) is 5.88 Å². The first-order valence-corrected chi connectivity index (χ1v) is 5.60. The Morgan fingerprint density at radius 3 is 2.67 bits per heavy atom. The van der Waals surface area contributed by atoms with Crippen LogP contribution in [0.2, 0.25) is 0 Å². The Kier molecular flexibility index (Phi) is 4.60. The Morgan fingerprint density at radius 2 is 2.11 bits per heavy atom. The van der Waals surface area contributed by atoms with E-state index in [1.54, 1.807) is 7.11 Å². The third kappa shape index (κ3) is 3.17. The molecule has 0 fully saturated rings. The van der Waals surface area contributed by atoms with Crippen molar-refractivity contribution < 1.29 is 4.74 Å². The Hall–Kier alpha value is -2.16. The van der Waals surface area contributed by atoms with Gasteiger partial charge in [0.15, 0.2) is 0 Å². The predicted molar refractivity (Wildman–Crippen MR) is 76.2 cm³/mol. The highest BCUT2D eigenvalue weighted by Crippen LogP contribution is 2.25. The van der Waals surface area contributed by atoms with Crippen molar-refractivity contribution in [1.29, 1.82) is 5.41 Å². The van der Waals surface area contributed by atoms with E-state index in [0.717, 1.165) is 16.8 Å². The highest BCUT2D eigenvalue weighted by molar-refractivity contribution is 6.08. The number of aromatic nitrogens is 1. The molecule has 0 unspecified atom stereocenters. The van der Waals surface area contributed by atoms with Gasteiger partial charge >= 0.3 is 0 Å². The monoisotopic (exact) mass is 242 g/mol. The Bertz CT molecular complexity index is 527. The topological polar surface area (TPSA) is 46.0 Å². The van der Waals surface area contributed by atoms with E-state index in [0.29, 0.717) is 17.2 Å². The maximum Gasteiger partial charge on any atom is 0.220 e. The molecule has 0 spiro atoms. The van der Waals surface area contributed by atoms with E-state index in [1.807, 2.05) is 32.1 Å². The average molecular weight is 242 g/mol. The maximum atomic E-state index is 7.62. The molecule has 1 aromatic rings. The Labute approximate surface area is 108 Å². The SMILES string of the molecule is C=CC(=N)C(=C)/C=C(\C)c1ccc(C)nc1OC. The van der Waals surface area contributed by atoms with E-state index >= 15 is 0 Å². The molecule has 3 nitrogen and oxygen atoms in total. The largest absolute Gasteiger partial charge is 0.481 e. The van der Waals surface area contributed by atoms with Crippen LogP contribution in [-0.4, -0.2) is 17.8 Å². The lowest BCUT2D eigenvalue weighted by molar-refractivity contribution is 0.395. The van der Waals surface area contributed by atoms with Crippen molar-refractivity contribution in [1.82, 2.24) is 4.98 Å². The van der Waals surface area contributed by atoms with Crippen LogP contribution in [0.3, 0.4) is 0 Å². The van der Waals surface area contributed by atoms with Crippen LogP contribution in [0.25, 0.3) is 5.57 Å². The molecule has 0 aliphatic carbocycles. The molecule has 0 atom stereocenters. The number of nitrogens with one attached hydrogen (secondary N) is 1. The van der Waals surface area contributed by atoms with Gasteiger partial charge in [0.1, 0.15) is 0 Å². The molecule has 1 heterocycles. The van der Waals surface area contributed by atoms with Crippen molar-refractivity contribution in [3.63, 3.8) is 0 Å². The summed E-state index contributed by atoms with van der Waals surface area (Å²) in [5.41, 5.74) is 3.69. The first-order chi connectivity index (χ1) is 8.49. The molecule has 0 radical (unpaired) electrons. The fraction of sp³-hybridized carbons (Fsp3) is 0.200. The molecule has 1 aromatic heterocycles. The first kappa shape index (κ1) is 13.9. The molecule has 1 rings (SSSR count). The van der Waals surface area contributed by atoms with Crippen molar-refractivity contribution in [3.05, 3.63) is 54.3 Å². The summed E-state index contributed by atoms with van der Waals surface area (Å²) in [6.07, 6.45) is 3.30. The van der Waals surface area contributed by atoms with Gasteiger partial charge in [-0.1, -0.05) is 13.2 Å². The van der Waals surface area contributed by atoms with Crippen molar-refractivity contribution in [2.24, 2.45) is 0 Å². The van der Waals surface area contributed by atoms with Gasteiger partial charge in [-0.05, 0) is 49.3 Å². The fourth-order valence-electron chi connectivity index (χ4n) is 1.54. The van der Waals surface area contributed by atoms with Crippen LogP contribution < -0.4 is 4.74 Å². The molecule has 1 N–H and O–H groups in total. The number of rotatable bonds is 5. The molecular weight excluding hydrogens is 224 g/mol. The highest BCUT2D eigenvalue weighted by Gasteiger charge is 2.07. The number of pyridine rings is 1. The van der Waals surface area contributed by atoms with Crippen LogP contribution in [0.4, 0.5) is 0 Å². The van der Waals surface area contributed by atoms with Gasteiger partial charge in [0.2, 0.25) is 5.88 Å². The minimum absolute atomic E-state index is 0.313. The van der Waals surface area contributed by atoms with E-state index in [2.05, 4.69) is 18.1 Å². The number of nitrogens with zero attached hydrogens (tertiary/aromatic N) is 1. The normalized spacial score (nSPS) is 10.9. The number of aryl methyl sites for hydroxylation is 1. The summed E-state index contributed by atoms with van der Waals surface area (Å²) < 4.78 is 5.26. The summed E-state index contributed by atoms with van der Waals surface area (Å²) >= 11 is 0. The molecule has 94 valence electrons. The van der Waals surface area contributed by atoms with E-state index in [4.69, 9.17) is 10.1 Å². The van der Waals surface area contributed by atoms with Crippen LogP contribution in [0.1, 0.15) is 18.2 Å². The van der Waals surface area contributed by atoms with Crippen LogP contribution in [-0.2, 0) is 0 Å². The van der Waals surface area contributed by atoms with Crippen LogP contribution in [0, 0.1) is 12.3 Å². The summed E-state index contributed by atoms with van der Waals surface area (Å²) in [4.78, 5) is 4.32. The van der Waals surface area contributed by atoms with Gasteiger partial charge in [-0.25, -0.2) is 4.98 Å². The van der Waals surface area contributed by atoms with E-state index in [-0.39, 0.29) is 0 Å². The zero-order valence-corrected chi connectivity index (χ0v) is 11.1. The summed E-state index contributed by atoms with van der Waals surface area (Å²) in [6.45, 7) is 11.2. The van der Waals surface area contributed by atoms with Gasteiger partial charge in [-0.15, -0.1) is 0 Å². The molecule has 0 saturated carbocycles. The van der Waals surface area contributed by atoms with E-state index in [9.17, 15) is 0 Å². The molecule has 18 heavy (non-hydrogen) atoms. The molecule has 0 bridgehead atoms. The van der Waals surface area contributed by atoms with Crippen molar-refractivity contribution in [2.75, 3.05) is 7.11 Å². The number of methoxy groups -OCH3 is 1. The minimum atomic E-state index is 0.313. The zero-order valence-electron chi connectivity index (χ0n) is 11.1. The zero-order chi connectivity index (χ0) is 13.7. The highest BCUT2D eigenvalue weighted by atomic mass is 16.5. The van der Waals surface area contributed by atoms with Gasteiger partial charge in [-0.3, -0.25) is 0 Å². The van der Waals surface area contributed by atoms with E-state index < -0.39 is 0 Å². The molecule has 3 heteroatoms. The van der Waals surface area contributed by atoms with Gasteiger partial charge < -0.3 is 10.1 Å². The number of hydrogen-bond donors (Lipinski definition) is 1.